The van der Waals surface area contributed by atoms with Crippen LogP contribution in [0.3, 0.4) is 0 Å². The van der Waals surface area contributed by atoms with Gasteiger partial charge in [0.15, 0.2) is 0 Å². The Balaban J connectivity index is 1.97. The highest BCUT2D eigenvalue weighted by molar-refractivity contribution is 5.91. The molecule has 22 heavy (non-hydrogen) atoms. The summed E-state index contributed by atoms with van der Waals surface area (Å²) in [5, 5.41) is 13.2. The van der Waals surface area contributed by atoms with Crippen LogP contribution >= 0.6 is 0 Å². The van der Waals surface area contributed by atoms with Gasteiger partial charge >= 0.3 is 0 Å². The largest absolute Gasteiger partial charge is 0.478 e. The first-order valence-corrected chi connectivity index (χ1v) is 7.18. The van der Waals surface area contributed by atoms with E-state index in [9.17, 15) is 9.90 Å². The number of aliphatic hydroxyl groups is 1. The zero-order valence-electron chi connectivity index (χ0n) is 12.7. The monoisotopic (exact) mass is 300 g/mol. The van der Waals surface area contributed by atoms with Crippen molar-refractivity contribution in [2.24, 2.45) is 0 Å². The second-order valence-electron chi connectivity index (χ2n) is 5.18. The Morgan fingerprint density at radius 2 is 2.00 bits per heavy atom. The molecule has 0 radical (unpaired) electrons. The van der Waals surface area contributed by atoms with Crippen molar-refractivity contribution in [1.29, 1.82) is 0 Å². The van der Waals surface area contributed by atoms with Crippen LogP contribution in [0.4, 0.5) is 5.69 Å². The molecule has 0 spiro atoms. The average Bonchev–Trinajstić information content (AvgIpc) is 2.50. The molecular weight excluding hydrogens is 280 g/mol. The molecule has 0 saturated carbocycles. The van der Waals surface area contributed by atoms with Gasteiger partial charge in [-0.05, 0) is 25.5 Å². The van der Waals surface area contributed by atoms with Crippen LogP contribution in [-0.2, 0) is 10.4 Å². The van der Waals surface area contributed by atoms with Crippen LogP contribution in [0.1, 0.15) is 25.8 Å². The van der Waals surface area contributed by atoms with Crippen molar-refractivity contribution in [3.63, 3.8) is 0 Å². The summed E-state index contributed by atoms with van der Waals surface area (Å²) in [4.78, 5) is 16.2. The second kappa shape index (κ2) is 7.04. The number of carbonyl (C=O) groups excluding carboxylic acids is 1. The van der Waals surface area contributed by atoms with E-state index in [-0.39, 0.29) is 12.3 Å². The molecule has 1 amide bonds. The summed E-state index contributed by atoms with van der Waals surface area (Å²) in [7, 11) is 0. The molecule has 1 atom stereocenters. The second-order valence-corrected chi connectivity index (χ2v) is 5.18. The van der Waals surface area contributed by atoms with Crippen LogP contribution in [-0.4, -0.2) is 22.6 Å². The van der Waals surface area contributed by atoms with E-state index in [4.69, 9.17) is 4.74 Å². The lowest BCUT2D eigenvalue weighted by molar-refractivity contribution is -0.120. The molecule has 2 N–H and O–H groups in total. The molecular formula is C17H20N2O3. The Labute approximate surface area is 130 Å². The number of benzene rings is 1. The quantitative estimate of drug-likeness (QED) is 0.860. The third-order valence-electron chi connectivity index (χ3n) is 3.21. The Morgan fingerprint density at radius 3 is 2.59 bits per heavy atom. The molecule has 116 valence electrons. The lowest BCUT2D eigenvalue weighted by Crippen LogP contribution is -2.28. The van der Waals surface area contributed by atoms with Gasteiger partial charge in [0.2, 0.25) is 11.8 Å². The molecule has 0 fully saturated rings. The Kier molecular flexibility index (Phi) is 5.12. The minimum Gasteiger partial charge on any atom is -0.478 e. The first kappa shape index (κ1) is 16.0. The van der Waals surface area contributed by atoms with E-state index in [1.54, 1.807) is 31.2 Å². The van der Waals surface area contributed by atoms with E-state index in [0.717, 1.165) is 0 Å². The number of aromatic nitrogens is 1. The van der Waals surface area contributed by atoms with Crippen molar-refractivity contribution in [1.82, 2.24) is 4.98 Å². The molecule has 0 bridgehead atoms. The molecule has 0 aliphatic rings. The molecule has 0 saturated heterocycles. The summed E-state index contributed by atoms with van der Waals surface area (Å²) >= 11 is 0. The lowest BCUT2D eigenvalue weighted by atomic mass is 9.92. The third kappa shape index (κ3) is 4.30. The summed E-state index contributed by atoms with van der Waals surface area (Å²) in [6.07, 6.45) is 1.49. The van der Waals surface area contributed by atoms with E-state index in [2.05, 4.69) is 10.3 Å². The molecule has 1 aromatic carbocycles. The normalized spacial score (nSPS) is 13.2. The zero-order chi connectivity index (χ0) is 16.0. The maximum atomic E-state index is 12.1. The van der Waals surface area contributed by atoms with E-state index in [0.29, 0.717) is 23.7 Å². The summed E-state index contributed by atoms with van der Waals surface area (Å²) in [6.45, 7) is 4.04. The van der Waals surface area contributed by atoms with Gasteiger partial charge < -0.3 is 15.2 Å². The number of nitrogens with zero attached hydrogens (tertiary/aromatic N) is 1. The number of ether oxygens (including phenoxy) is 1. The summed E-state index contributed by atoms with van der Waals surface area (Å²) < 4.78 is 5.24. The maximum Gasteiger partial charge on any atom is 0.227 e. The first-order chi connectivity index (χ1) is 10.5. The smallest absolute Gasteiger partial charge is 0.227 e. The standard InChI is InChI=1S/C17H20N2O3/c1-3-22-16-10-9-14(12-18-16)19-15(20)11-17(2,21)13-7-5-4-6-8-13/h4-10,12,21H,3,11H2,1-2H3,(H,19,20). The van der Waals surface area contributed by atoms with E-state index >= 15 is 0 Å². The van der Waals surface area contributed by atoms with Crippen molar-refractivity contribution < 1.29 is 14.6 Å². The SMILES string of the molecule is CCOc1ccc(NC(=O)CC(C)(O)c2ccccc2)cn1. The zero-order valence-corrected chi connectivity index (χ0v) is 12.7. The van der Waals surface area contributed by atoms with Crippen LogP contribution < -0.4 is 10.1 Å². The Morgan fingerprint density at radius 1 is 1.27 bits per heavy atom. The van der Waals surface area contributed by atoms with Gasteiger partial charge in [0.1, 0.15) is 0 Å². The average molecular weight is 300 g/mol. The highest BCUT2D eigenvalue weighted by Crippen LogP contribution is 2.24. The molecule has 1 aromatic heterocycles. The highest BCUT2D eigenvalue weighted by atomic mass is 16.5. The van der Waals surface area contributed by atoms with Gasteiger partial charge in [-0.1, -0.05) is 30.3 Å². The van der Waals surface area contributed by atoms with Gasteiger partial charge in [-0.25, -0.2) is 4.98 Å². The van der Waals surface area contributed by atoms with Crippen LogP contribution in [0.15, 0.2) is 48.7 Å². The number of pyridine rings is 1. The number of rotatable bonds is 6. The van der Waals surface area contributed by atoms with Gasteiger partial charge in [0.05, 0.1) is 30.5 Å². The van der Waals surface area contributed by atoms with Crippen LogP contribution in [0.2, 0.25) is 0 Å². The summed E-state index contributed by atoms with van der Waals surface area (Å²) in [6, 6.07) is 12.5. The first-order valence-electron chi connectivity index (χ1n) is 7.18. The molecule has 2 aromatic rings. The molecule has 0 aliphatic heterocycles. The van der Waals surface area contributed by atoms with Crippen molar-refractivity contribution in [2.45, 2.75) is 25.9 Å². The summed E-state index contributed by atoms with van der Waals surface area (Å²) in [5.74, 6) is 0.233. The molecule has 5 nitrogen and oxygen atoms in total. The number of anilines is 1. The third-order valence-corrected chi connectivity index (χ3v) is 3.21. The van der Waals surface area contributed by atoms with E-state index in [1.807, 2.05) is 25.1 Å². The van der Waals surface area contributed by atoms with Crippen LogP contribution in [0, 0.1) is 0 Å². The minimum atomic E-state index is -1.22. The minimum absolute atomic E-state index is 0.0375. The van der Waals surface area contributed by atoms with E-state index in [1.165, 1.54) is 6.20 Å². The predicted molar refractivity (Wildman–Crippen MR) is 84.7 cm³/mol. The fourth-order valence-electron chi connectivity index (χ4n) is 2.10. The number of hydrogen-bond acceptors (Lipinski definition) is 4. The fraction of sp³-hybridized carbons (Fsp3) is 0.294. The van der Waals surface area contributed by atoms with Crippen molar-refractivity contribution in [3.8, 4) is 5.88 Å². The Bertz CT molecular complexity index is 610. The Hall–Kier alpha value is -2.40. The number of hydrogen-bond donors (Lipinski definition) is 2. The number of nitrogens with one attached hydrogen (secondary N) is 1. The van der Waals surface area contributed by atoms with Crippen molar-refractivity contribution in [3.05, 3.63) is 54.2 Å². The lowest BCUT2D eigenvalue weighted by Gasteiger charge is -2.23. The van der Waals surface area contributed by atoms with Crippen molar-refractivity contribution >= 4 is 11.6 Å². The fourth-order valence-corrected chi connectivity index (χ4v) is 2.10. The van der Waals surface area contributed by atoms with Crippen LogP contribution in [0.25, 0.3) is 0 Å². The molecule has 1 heterocycles. The topological polar surface area (TPSA) is 71.5 Å². The van der Waals surface area contributed by atoms with Gasteiger partial charge in [0, 0.05) is 6.07 Å². The van der Waals surface area contributed by atoms with Gasteiger partial charge in [0.25, 0.3) is 0 Å². The highest BCUT2D eigenvalue weighted by Gasteiger charge is 2.26. The predicted octanol–water partition coefficient (Wildman–Crippen LogP) is 2.72. The van der Waals surface area contributed by atoms with Gasteiger partial charge in [-0.15, -0.1) is 0 Å². The number of carbonyl (C=O) groups is 1. The number of amides is 1. The van der Waals surface area contributed by atoms with E-state index < -0.39 is 5.60 Å². The molecule has 5 heteroatoms. The molecule has 1 unspecified atom stereocenters. The molecule has 2 rings (SSSR count). The summed E-state index contributed by atoms with van der Waals surface area (Å²) in [5.41, 5.74) is 0.0524. The van der Waals surface area contributed by atoms with Gasteiger partial charge in [-0.2, -0.15) is 0 Å². The maximum absolute atomic E-state index is 12.1. The van der Waals surface area contributed by atoms with Gasteiger partial charge in [-0.3, -0.25) is 4.79 Å². The van der Waals surface area contributed by atoms with Crippen molar-refractivity contribution in [2.75, 3.05) is 11.9 Å². The van der Waals surface area contributed by atoms with Crippen LogP contribution in [0.5, 0.6) is 5.88 Å². The molecule has 0 aliphatic carbocycles.